The van der Waals surface area contributed by atoms with E-state index in [0.717, 1.165) is 11.8 Å². The van der Waals surface area contributed by atoms with Gasteiger partial charge < -0.3 is 18.6 Å². The Kier molecular flexibility index (Phi) is 10.5. The van der Waals surface area contributed by atoms with Gasteiger partial charge in [-0.3, -0.25) is 0 Å². The molecule has 0 amide bonds. The van der Waals surface area contributed by atoms with Crippen molar-refractivity contribution in [2.75, 3.05) is 20.0 Å². The van der Waals surface area contributed by atoms with E-state index in [1.54, 1.807) is 60.7 Å². The second kappa shape index (κ2) is 13.5. The van der Waals surface area contributed by atoms with Crippen LogP contribution in [0.25, 0.3) is 11.1 Å². The Hall–Kier alpha value is -3.73. The summed E-state index contributed by atoms with van der Waals surface area (Å²) < 4.78 is 46.3. The van der Waals surface area contributed by atoms with Gasteiger partial charge in [0.2, 0.25) is 0 Å². The van der Waals surface area contributed by atoms with Gasteiger partial charge in [0.05, 0.1) is 24.2 Å². The molecular formula is C32H38O8SSi. The third kappa shape index (κ3) is 8.64. The van der Waals surface area contributed by atoms with E-state index < -0.39 is 30.3 Å². The molecule has 0 unspecified atom stereocenters. The highest BCUT2D eigenvalue weighted by molar-refractivity contribution is 7.90. The van der Waals surface area contributed by atoms with Gasteiger partial charge in [-0.25, -0.2) is 18.0 Å². The molecule has 0 aliphatic carbocycles. The molecule has 0 atom stereocenters. The number of sulfone groups is 1. The van der Waals surface area contributed by atoms with Crippen LogP contribution in [0.5, 0.6) is 5.75 Å². The Bertz CT molecular complexity index is 1540. The summed E-state index contributed by atoms with van der Waals surface area (Å²) >= 11 is 0. The molecule has 10 heteroatoms. The highest BCUT2D eigenvalue weighted by atomic mass is 32.2. The van der Waals surface area contributed by atoms with Crippen LogP contribution in [0.2, 0.25) is 18.1 Å². The van der Waals surface area contributed by atoms with Crippen LogP contribution in [0.4, 0.5) is 4.79 Å². The molecular weight excluding hydrogens is 572 g/mol. The molecule has 0 aromatic heterocycles. The van der Waals surface area contributed by atoms with Gasteiger partial charge in [-0.2, -0.15) is 0 Å². The summed E-state index contributed by atoms with van der Waals surface area (Å²) in [5.41, 5.74) is 2.36. The molecule has 0 heterocycles. The molecule has 3 rings (SSSR count). The summed E-state index contributed by atoms with van der Waals surface area (Å²) in [6, 6.07) is 21.8. The van der Waals surface area contributed by atoms with E-state index >= 15 is 0 Å². The molecule has 8 nitrogen and oxygen atoms in total. The van der Waals surface area contributed by atoms with E-state index in [1.165, 1.54) is 19.2 Å². The fourth-order valence-electron chi connectivity index (χ4n) is 3.76. The fourth-order valence-corrected chi connectivity index (χ4v) is 5.35. The third-order valence-corrected chi connectivity index (χ3v) is 12.8. The van der Waals surface area contributed by atoms with Crippen molar-refractivity contribution >= 4 is 41.4 Å². The van der Waals surface area contributed by atoms with Gasteiger partial charge in [0.25, 0.3) is 0 Å². The quantitative estimate of drug-likeness (QED) is 0.0802. The SMILES string of the molecule is COC(=O)/C(=C(\COC(=O)Oc1cccc(CO[Si](C)(C)C(C)(C)C)c1)c1ccc(S(C)(=O)=O)cc1)c1ccccc1. The van der Waals surface area contributed by atoms with Gasteiger partial charge in [-0.1, -0.05) is 75.4 Å². The molecule has 42 heavy (non-hydrogen) atoms. The first-order valence-electron chi connectivity index (χ1n) is 13.4. The summed E-state index contributed by atoms with van der Waals surface area (Å²) in [6.45, 7) is 10.9. The number of carbonyl (C=O) groups is 2. The van der Waals surface area contributed by atoms with Crippen LogP contribution >= 0.6 is 0 Å². The number of hydrogen-bond acceptors (Lipinski definition) is 8. The number of carbonyl (C=O) groups excluding carboxylic acids is 2. The molecule has 0 fully saturated rings. The van der Waals surface area contributed by atoms with Crippen molar-refractivity contribution in [3.8, 4) is 5.75 Å². The third-order valence-electron chi connectivity index (χ3n) is 7.22. The maximum Gasteiger partial charge on any atom is 0.514 e. The summed E-state index contributed by atoms with van der Waals surface area (Å²) in [5.74, 6) is -0.356. The molecule has 0 radical (unpaired) electrons. The van der Waals surface area contributed by atoms with Gasteiger partial charge in [0.1, 0.15) is 12.4 Å². The standard InChI is InChI=1S/C32H38O8SSi/c1-32(2,3)42(6,7)39-21-23-12-11-15-26(20-23)40-31(34)38-22-28(24-16-18-27(19-17-24)41(5,35)36)29(30(33)37-4)25-13-9-8-10-14-25/h8-20H,21-22H2,1-7H3/b29-28+. The van der Waals surface area contributed by atoms with E-state index in [2.05, 4.69) is 33.9 Å². The van der Waals surface area contributed by atoms with Crippen LogP contribution in [0.1, 0.15) is 37.5 Å². The number of rotatable bonds is 10. The summed E-state index contributed by atoms with van der Waals surface area (Å²) in [4.78, 5) is 25.9. The lowest BCUT2D eigenvalue weighted by Gasteiger charge is -2.36. The van der Waals surface area contributed by atoms with Gasteiger partial charge >= 0.3 is 12.1 Å². The molecule has 0 aliphatic rings. The van der Waals surface area contributed by atoms with Crippen molar-refractivity contribution in [1.29, 1.82) is 0 Å². The van der Waals surface area contributed by atoms with Crippen molar-refractivity contribution in [2.24, 2.45) is 0 Å². The molecule has 0 N–H and O–H groups in total. The maximum absolute atomic E-state index is 13.0. The fraction of sp³-hybridized carbons (Fsp3) is 0.312. The Labute approximate surface area is 249 Å². The number of ether oxygens (including phenoxy) is 3. The summed E-state index contributed by atoms with van der Waals surface area (Å²) in [6.07, 6.45) is 0.135. The minimum Gasteiger partial charge on any atom is -0.465 e. The van der Waals surface area contributed by atoms with Gasteiger partial charge in [0.15, 0.2) is 18.2 Å². The van der Waals surface area contributed by atoms with E-state index in [1.807, 2.05) is 6.07 Å². The number of methoxy groups -OCH3 is 1. The zero-order chi connectivity index (χ0) is 31.1. The van der Waals surface area contributed by atoms with Crippen LogP contribution in [0.15, 0.2) is 83.8 Å². The molecule has 0 bridgehead atoms. The van der Waals surface area contributed by atoms with Gasteiger partial charge in [0, 0.05) is 11.8 Å². The average Bonchev–Trinajstić information content (AvgIpc) is 2.93. The van der Waals surface area contributed by atoms with Crippen molar-refractivity contribution in [1.82, 2.24) is 0 Å². The Morgan fingerprint density at radius 2 is 1.50 bits per heavy atom. The van der Waals surface area contributed by atoms with Gasteiger partial charge in [-0.15, -0.1) is 0 Å². The van der Waals surface area contributed by atoms with Crippen LogP contribution in [0, 0.1) is 0 Å². The normalized spacial score (nSPS) is 12.7. The number of benzene rings is 3. The van der Waals surface area contributed by atoms with Crippen LogP contribution in [-0.2, 0) is 35.1 Å². The first kappa shape index (κ1) is 32.8. The van der Waals surface area contributed by atoms with E-state index in [4.69, 9.17) is 18.6 Å². The second-order valence-electron chi connectivity index (χ2n) is 11.3. The van der Waals surface area contributed by atoms with Crippen LogP contribution < -0.4 is 4.74 Å². The van der Waals surface area contributed by atoms with Crippen molar-refractivity contribution in [3.05, 3.63) is 95.6 Å². The second-order valence-corrected chi connectivity index (χ2v) is 18.2. The monoisotopic (exact) mass is 610 g/mol. The first-order chi connectivity index (χ1) is 19.6. The maximum atomic E-state index is 13.0. The summed E-state index contributed by atoms with van der Waals surface area (Å²) in [7, 11) is -4.15. The minimum absolute atomic E-state index is 0.0596. The molecule has 0 spiro atoms. The molecule has 3 aromatic rings. The predicted molar refractivity (Wildman–Crippen MR) is 165 cm³/mol. The highest BCUT2D eigenvalue weighted by Gasteiger charge is 2.37. The van der Waals surface area contributed by atoms with Crippen molar-refractivity contribution in [2.45, 2.75) is 50.4 Å². The zero-order valence-electron chi connectivity index (χ0n) is 25.1. The van der Waals surface area contributed by atoms with Crippen LogP contribution in [0.3, 0.4) is 0 Å². The number of esters is 1. The summed E-state index contributed by atoms with van der Waals surface area (Å²) in [5, 5.41) is 0.0596. The van der Waals surface area contributed by atoms with Crippen molar-refractivity contribution < 1.29 is 36.6 Å². The molecule has 0 saturated heterocycles. The van der Waals surface area contributed by atoms with Crippen molar-refractivity contribution in [3.63, 3.8) is 0 Å². The lowest BCUT2D eigenvalue weighted by Crippen LogP contribution is -2.40. The molecule has 0 saturated carbocycles. The largest absolute Gasteiger partial charge is 0.514 e. The predicted octanol–water partition coefficient (Wildman–Crippen LogP) is 6.91. The molecule has 3 aromatic carbocycles. The highest BCUT2D eigenvalue weighted by Crippen LogP contribution is 2.37. The Morgan fingerprint density at radius 1 is 0.857 bits per heavy atom. The molecule has 0 aliphatic heterocycles. The first-order valence-corrected chi connectivity index (χ1v) is 18.2. The van der Waals surface area contributed by atoms with Gasteiger partial charge in [-0.05, 0) is 59.1 Å². The smallest absolute Gasteiger partial charge is 0.465 e. The van der Waals surface area contributed by atoms with E-state index in [0.29, 0.717) is 23.3 Å². The average molecular weight is 611 g/mol. The lowest BCUT2D eigenvalue weighted by molar-refractivity contribution is -0.133. The lowest BCUT2D eigenvalue weighted by atomic mass is 9.95. The van der Waals surface area contributed by atoms with E-state index in [9.17, 15) is 18.0 Å². The minimum atomic E-state index is -3.44. The topological polar surface area (TPSA) is 105 Å². The number of hydrogen-bond donors (Lipinski definition) is 0. The van der Waals surface area contributed by atoms with Crippen LogP contribution in [-0.4, -0.2) is 48.8 Å². The molecule has 224 valence electrons. The Morgan fingerprint density at radius 3 is 2.07 bits per heavy atom. The zero-order valence-corrected chi connectivity index (χ0v) is 26.9. The van der Waals surface area contributed by atoms with E-state index in [-0.39, 0.29) is 27.9 Å². The Balaban J connectivity index is 1.87.